The molecule has 5 heteroatoms. The van der Waals surface area contributed by atoms with Gasteiger partial charge in [-0.15, -0.1) is 11.6 Å². The number of carboxylic acid groups (broad SMARTS) is 1. The van der Waals surface area contributed by atoms with Crippen LogP contribution in [0, 0.1) is 29.1 Å². The minimum absolute atomic E-state index is 0.117. The van der Waals surface area contributed by atoms with E-state index in [9.17, 15) is 14.7 Å². The number of hydrogen-bond donors (Lipinski definition) is 1. The summed E-state index contributed by atoms with van der Waals surface area (Å²) in [6, 6.07) is 6.14. The number of esters is 1. The molecule has 0 heterocycles. The maximum Gasteiger partial charge on any atom is 0.308 e. The zero-order valence-electron chi connectivity index (χ0n) is 18.0. The molecule has 2 fully saturated rings. The molecule has 4 nitrogen and oxygen atoms in total. The van der Waals surface area contributed by atoms with Gasteiger partial charge in [-0.2, -0.15) is 0 Å². The summed E-state index contributed by atoms with van der Waals surface area (Å²) >= 11 is 5.89. The third kappa shape index (κ3) is 3.77. The number of carboxylic acids is 1. The third-order valence-corrected chi connectivity index (χ3v) is 8.75. The van der Waals surface area contributed by atoms with Crippen molar-refractivity contribution in [2.75, 3.05) is 5.88 Å². The molecular formula is C25H33ClO4. The number of aliphatic carboxylic acids is 1. The van der Waals surface area contributed by atoms with Gasteiger partial charge in [-0.05, 0) is 104 Å². The van der Waals surface area contributed by atoms with Crippen LogP contribution in [0.5, 0.6) is 5.75 Å². The average molecular weight is 433 g/mol. The number of carbonyl (C=O) groups is 2. The van der Waals surface area contributed by atoms with Crippen molar-refractivity contribution in [3.8, 4) is 5.75 Å². The number of halogens is 1. The van der Waals surface area contributed by atoms with E-state index in [1.54, 1.807) is 0 Å². The number of aryl methyl sites for hydroxylation is 1. The quantitative estimate of drug-likeness (QED) is 0.350. The van der Waals surface area contributed by atoms with E-state index in [2.05, 4.69) is 13.0 Å². The molecule has 0 amide bonds. The van der Waals surface area contributed by atoms with Crippen molar-refractivity contribution in [1.82, 2.24) is 0 Å². The largest absolute Gasteiger partial charge is 0.481 e. The van der Waals surface area contributed by atoms with Gasteiger partial charge in [0.05, 0.1) is 5.92 Å². The molecule has 4 rings (SSSR count). The fourth-order valence-electron chi connectivity index (χ4n) is 7.28. The normalized spacial score (nSPS) is 33.2. The van der Waals surface area contributed by atoms with Gasteiger partial charge in [-0.1, -0.05) is 13.0 Å². The number of fused-ring (bicyclic) bond motifs is 5. The molecule has 1 unspecified atom stereocenters. The molecule has 0 aromatic heterocycles. The first-order chi connectivity index (χ1) is 14.3. The predicted octanol–water partition coefficient (Wildman–Crippen LogP) is 5.80. The van der Waals surface area contributed by atoms with Crippen LogP contribution in [-0.2, 0) is 16.0 Å². The monoisotopic (exact) mass is 432 g/mol. The summed E-state index contributed by atoms with van der Waals surface area (Å²) in [4.78, 5) is 23.4. The van der Waals surface area contributed by atoms with Crippen molar-refractivity contribution in [1.29, 1.82) is 0 Å². The Morgan fingerprint density at radius 2 is 2.07 bits per heavy atom. The topological polar surface area (TPSA) is 63.6 Å². The summed E-state index contributed by atoms with van der Waals surface area (Å²) in [5, 5.41) is 9.94. The number of benzene rings is 1. The lowest BCUT2D eigenvalue weighted by atomic mass is 9.53. The molecule has 0 spiro atoms. The molecule has 6 atom stereocenters. The van der Waals surface area contributed by atoms with Gasteiger partial charge in [-0.3, -0.25) is 9.59 Å². The van der Waals surface area contributed by atoms with Crippen LogP contribution in [0.2, 0.25) is 0 Å². The molecule has 0 saturated heterocycles. The Balaban J connectivity index is 1.56. The van der Waals surface area contributed by atoms with Crippen LogP contribution < -0.4 is 4.74 Å². The van der Waals surface area contributed by atoms with Crippen LogP contribution in [0.15, 0.2) is 18.2 Å². The summed E-state index contributed by atoms with van der Waals surface area (Å²) in [6.07, 6.45) is 8.03. The summed E-state index contributed by atoms with van der Waals surface area (Å²) in [7, 11) is 0. The summed E-state index contributed by atoms with van der Waals surface area (Å²) in [6.45, 7) is 3.81. The molecule has 1 N–H and O–H groups in total. The Morgan fingerprint density at radius 1 is 1.27 bits per heavy atom. The first-order valence-corrected chi connectivity index (χ1v) is 12.0. The maximum atomic E-state index is 12.1. The van der Waals surface area contributed by atoms with E-state index in [0.29, 0.717) is 35.8 Å². The SMILES string of the molecule is CC(=O)Oc1ccc2c(c1)CC[C@@H]1[C@@H]2CC[C@]2(C)[C@@H](C(CCCCl)C(=O)O)CC[C@@H]12. The smallest absolute Gasteiger partial charge is 0.308 e. The molecule has 0 radical (unpaired) electrons. The van der Waals surface area contributed by atoms with Crippen molar-refractivity contribution in [2.45, 2.75) is 71.1 Å². The number of carbonyl (C=O) groups excluding carboxylic acids is 1. The van der Waals surface area contributed by atoms with E-state index in [1.165, 1.54) is 18.1 Å². The van der Waals surface area contributed by atoms with Gasteiger partial charge >= 0.3 is 11.9 Å². The van der Waals surface area contributed by atoms with Crippen molar-refractivity contribution in [2.24, 2.45) is 29.1 Å². The molecule has 164 valence electrons. The van der Waals surface area contributed by atoms with Crippen LogP contribution in [0.1, 0.15) is 75.8 Å². The average Bonchev–Trinajstić information content (AvgIpc) is 3.04. The molecule has 30 heavy (non-hydrogen) atoms. The highest BCUT2D eigenvalue weighted by molar-refractivity contribution is 6.17. The highest BCUT2D eigenvalue weighted by atomic mass is 35.5. The first-order valence-electron chi connectivity index (χ1n) is 11.4. The van der Waals surface area contributed by atoms with Crippen LogP contribution in [0.3, 0.4) is 0 Å². The molecule has 0 aliphatic heterocycles. The zero-order chi connectivity index (χ0) is 21.5. The third-order valence-electron chi connectivity index (χ3n) is 8.48. The van der Waals surface area contributed by atoms with E-state index >= 15 is 0 Å². The fraction of sp³-hybridized carbons (Fsp3) is 0.680. The van der Waals surface area contributed by atoms with Gasteiger partial charge in [0, 0.05) is 12.8 Å². The Bertz CT molecular complexity index is 821. The Labute approximate surface area is 184 Å². The lowest BCUT2D eigenvalue weighted by molar-refractivity contribution is -0.146. The highest BCUT2D eigenvalue weighted by Crippen LogP contribution is 2.64. The van der Waals surface area contributed by atoms with E-state index < -0.39 is 5.97 Å². The van der Waals surface area contributed by atoms with Crippen LogP contribution >= 0.6 is 11.6 Å². The molecule has 2 saturated carbocycles. The molecule has 3 aliphatic rings. The summed E-state index contributed by atoms with van der Waals surface area (Å²) in [5.74, 6) is 2.02. The van der Waals surface area contributed by atoms with Gasteiger partial charge in [0.1, 0.15) is 5.75 Å². The summed E-state index contributed by atoms with van der Waals surface area (Å²) in [5.41, 5.74) is 2.86. The van der Waals surface area contributed by atoms with Crippen LogP contribution in [0.4, 0.5) is 0 Å². The first kappa shape index (κ1) is 21.7. The number of ether oxygens (including phenoxy) is 1. The van der Waals surface area contributed by atoms with Crippen molar-refractivity contribution in [3.05, 3.63) is 29.3 Å². The second-order valence-corrected chi connectivity index (χ2v) is 10.3. The maximum absolute atomic E-state index is 12.1. The van der Waals surface area contributed by atoms with Gasteiger partial charge in [0.15, 0.2) is 0 Å². The van der Waals surface area contributed by atoms with E-state index in [0.717, 1.165) is 44.9 Å². The molecule has 3 aliphatic carbocycles. The number of hydrogen-bond acceptors (Lipinski definition) is 3. The fourth-order valence-corrected chi connectivity index (χ4v) is 7.44. The second kappa shape index (κ2) is 8.53. The lowest BCUT2D eigenvalue weighted by Gasteiger charge is -2.52. The lowest BCUT2D eigenvalue weighted by Crippen LogP contribution is -2.45. The Hall–Kier alpha value is -1.55. The molecular weight excluding hydrogens is 400 g/mol. The zero-order valence-corrected chi connectivity index (χ0v) is 18.8. The highest BCUT2D eigenvalue weighted by Gasteiger charge is 2.57. The Kier molecular flexibility index (Phi) is 6.16. The van der Waals surface area contributed by atoms with Crippen molar-refractivity contribution >= 4 is 23.5 Å². The minimum Gasteiger partial charge on any atom is -0.481 e. The van der Waals surface area contributed by atoms with Gasteiger partial charge in [0.25, 0.3) is 0 Å². The number of rotatable bonds is 6. The standard InChI is InChI=1S/C25H33ClO4/c1-15(27)30-17-6-8-18-16(14-17)5-7-20-19(18)11-12-25(2)22(20)9-10-23(25)21(24(28)29)4-3-13-26/h6,8,14,19-23H,3-5,7,9-13H2,1-2H3,(H,28,29)/t19-,20-,21?,22+,23-,25+/m1/s1. The minimum atomic E-state index is -0.638. The van der Waals surface area contributed by atoms with Crippen molar-refractivity contribution in [3.63, 3.8) is 0 Å². The van der Waals surface area contributed by atoms with Gasteiger partial charge in [-0.25, -0.2) is 0 Å². The predicted molar refractivity (Wildman–Crippen MR) is 117 cm³/mol. The second-order valence-electron chi connectivity index (χ2n) is 9.87. The van der Waals surface area contributed by atoms with E-state index in [1.807, 2.05) is 12.1 Å². The van der Waals surface area contributed by atoms with Crippen LogP contribution in [-0.4, -0.2) is 22.9 Å². The Morgan fingerprint density at radius 3 is 2.77 bits per heavy atom. The molecule has 1 aromatic carbocycles. The van der Waals surface area contributed by atoms with E-state index in [4.69, 9.17) is 16.3 Å². The van der Waals surface area contributed by atoms with Gasteiger partial charge < -0.3 is 9.84 Å². The molecule has 1 aromatic rings. The van der Waals surface area contributed by atoms with Crippen molar-refractivity contribution < 1.29 is 19.4 Å². The molecule has 0 bridgehead atoms. The van der Waals surface area contributed by atoms with Crippen LogP contribution in [0.25, 0.3) is 0 Å². The van der Waals surface area contributed by atoms with E-state index in [-0.39, 0.29) is 23.2 Å². The van der Waals surface area contributed by atoms with Gasteiger partial charge in [0.2, 0.25) is 0 Å². The number of alkyl halides is 1. The summed E-state index contributed by atoms with van der Waals surface area (Å²) < 4.78 is 5.29.